The van der Waals surface area contributed by atoms with Gasteiger partial charge in [0.1, 0.15) is 0 Å². The molecule has 0 heterocycles. The summed E-state index contributed by atoms with van der Waals surface area (Å²) in [5, 5.41) is 2.97. The van der Waals surface area contributed by atoms with E-state index >= 15 is 0 Å². The van der Waals surface area contributed by atoms with Gasteiger partial charge in [-0.25, -0.2) is 0 Å². The Morgan fingerprint density at radius 2 is 0.964 bits per heavy atom. The molecule has 0 fully saturated rings. The highest BCUT2D eigenvalue weighted by atomic mass is 16.1. The monoisotopic (exact) mass is 396 g/mol. The van der Waals surface area contributed by atoms with Gasteiger partial charge in [-0.15, -0.1) is 0 Å². The summed E-state index contributed by atoms with van der Waals surface area (Å²) in [6, 6.07) is 0. The van der Waals surface area contributed by atoms with Crippen molar-refractivity contribution in [3.8, 4) is 0 Å². The van der Waals surface area contributed by atoms with Crippen LogP contribution in [0, 0.1) is 0 Å². The Morgan fingerprint density at radius 3 is 1.39 bits per heavy atom. The number of carbonyl (C=O) groups excluding carboxylic acids is 2. The topological polar surface area (TPSA) is 72.2 Å². The van der Waals surface area contributed by atoms with Crippen molar-refractivity contribution in [1.82, 2.24) is 5.32 Å². The summed E-state index contributed by atoms with van der Waals surface area (Å²) in [4.78, 5) is 22.2. The van der Waals surface area contributed by atoms with Gasteiger partial charge in [-0.1, -0.05) is 103 Å². The van der Waals surface area contributed by atoms with Crippen LogP contribution in [0.3, 0.4) is 0 Å². The van der Waals surface area contributed by atoms with Gasteiger partial charge in [0.15, 0.2) is 0 Å². The normalized spacial score (nSPS) is 10.9. The van der Waals surface area contributed by atoms with Crippen LogP contribution in [0.4, 0.5) is 0 Å². The van der Waals surface area contributed by atoms with Gasteiger partial charge in [0.05, 0.1) is 0 Å². The minimum Gasteiger partial charge on any atom is -0.370 e. The molecule has 0 aliphatic carbocycles. The molecule has 0 aromatic carbocycles. The number of nitrogens with one attached hydrogen (secondary N) is 1. The lowest BCUT2D eigenvalue weighted by Crippen LogP contribution is -2.24. The van der Waals surface area contributed by atoms with Gasteiger partial charge in [-0.2, -0.15) is 0 Å². The Bertz CT molecular complexity index is 359. The van der Waals surface area contributed by atoms with Gasteiger partial charge in [0, 0.05) is 19.4 Å². The molecule has 0 saturated heterocycles. The van der Waals surface area contributed by atoms with Crippen LogP contribution >= 0.6 is 0 Å². The number of rotatable bonds is 22. The number of hydrogen-bond donors (Lipinski definition) is 2. The first-order valence-electron chi connectivity index (χ1n) is 12.2. The summed E-state index contributed by atoms with van der Waals surface area (Å²) < 4.78 is 0. The van der Waals surface area contributed by atoms with Gasteiger partial charge < -0.3 is 11.1 Å². The van der Waals surface area contributed by atoms with E-state index < -0.39 is 0 Å². The van der Waals surface area contributed by atoms with Gasteiger partial charge in [0.25, 0.3) is 0 Å². The fourth-order valence-corrected chi connectivity index (χ4v) is 3.57. The highest BCUT2D eigenvalue weighted by molar-refractivity contribution is 5.76. The van der Waals surface area contributed by atoms with E-state index in [1.54, 1.807) is 0 Å². The quantitative estimate of drug-likeness (QED) is 0.207. The lowest BCUT2D eigenvalue weighted by molar-refractivity contribution is -0.122. The molecule has 0 aromatic rings. The third kappa shape index (κ3) is 23.0. The summed E-state index contributed by atoms with van der Waals surface area (Å²) in [6.07, 6.45) is 24.2. The molecule has 28 heavy (non-hydrogen) atoms. The second-order valence-corrected chi connectivity index (χ2v) is 8.33. The van der Waals surface area contributed by atoms with Gasteiger partial charge >= 0.3 is 0 Å². The Hall–Kier alpha value is -1.06. The van der Waals surface area contributed by atoms with Crippen LogP contribution in [0.5, 0.6) is 0 Å². The zero-order chi connectivity index (χ0) is 20.7. The van der Waals surface area contributed by atoms with E-state index in [0.29, 0.717) is 19.3 Å². The number of amides is 2. The van der Waals surface area contributed by atoms with Crippen LogP contribution in [-0.4, -0.2) is 18.4 Å². The second kappa shape index (κ2) is 22.2. The van der Waals surface area contributed by atoms with Crippen molar-refractivity contribution >= 4 is 11.8 Å². The van der Waals surface area contributed by atoms with Crippen LogP contribution < -0.4 is 11.1 Å². The molecule has 0 unspecified atom stereocenters. The smallest absolute Gasteiger partial charge is 0.219 e. The molecule has 2 amide bonds. The molecule has 0 atom stereocenters. The first kappa shape index (κ1) is 26.9. The third-order valence-corrected chi connectivity index (χ3v) is 5.43. The van der Waals surface area contributed by atoms with E-state index in [1.165, 1.54) is 96.3 Å². The number of nitrogens with two attached hydrogens (primary N) is 1. The van der Waals surface area contributed by atoms with Crippen molar-refractivity contribution in [1.29, 1.82) is 0 Å². The average molecular weight is 397 g/mol. The molecule has 0 aromatic heterocycles. The molecule has 0 aliphatic heterocycles. The molecule has 0 rings (SSSR count). The Labute approximate surface area is 174 Å². The Balaban J connectivity index is 3.11. The number of primary amides is 1. The summed E-state index contributed by atoms with van der Waals surface area (Å²) in [6.45, 7) is 3.06. The molecule has 0 saturated carbocycles. The summed E-state index contributed by atoms with van der Waals surface area (Å²) >= 11 is 0. The maximum absolute atomic E-state index is 11.6. The Morgan fingerprint density at radius 1 is 0.571 bits per heavy atom. The van der Waals surface area contributed by atoms with E-state index in [0.717, 1.165) is 19.4 Å². The zero-order valence-electron chi connectivity index (χ0n) is 18.7. The molecule has 4 nitrogen and oxygen atoms in total. The van der Waals surface area contributed by atoms with E-state index in [-0.39, 0.29) is 11.8 Å². The minimum absolute atomic E-state index is 0.102. The van der Waals surface area contributed by atoms with Crippen molar-refractivity contribution in [3.63, 3.8) is 0 Å². The first-order chi connectivity index (χ1) is 13.7. The second-order valence-electron chi connectivity index (χ2n) is 8.33. The first-order valence-corrected chi connectivity index (χ1v) is 12.2. The van der Waals surface area contributed by atoms with E-state index in [1.807, 2.05) is 0 Å². The predicted octanol–water partition coefficient (Wildman–Crippen LogP) is 6.41. The van der Waals surface area contributed by atoms with Crippen LogP contribution in [0.25, 0.3) is 0 Å². The van der Waals surface area contributed by atoms with Gasteiger partial charge in [-0.3, -0.25) is 9.59 Å². The van der Waals surface area contributed by atoms with E-state index in [9.17, 15) is 9.59 Å². The number of carbonyl (C=O) groups is 2. The van der Waals surface area contributed by atoms with E-state index in [4.69, 9.17) is 5.73 Å². The van der Waals surface area contributed by atoms with Gasteiger partial charge in [0.2, 0.25) is 11.8 Å². The summed E-state index contributed by atoms with van der Waals surface area (Å²) in [5.74, 6) is -0.181. The fourth-order valence-electron chi connectivity index (χ4n) is 3.57. The predicted molar refractivity (Wildman–Crippen MR) is 120 cm³/mol. The van der Waals surface area contributed by atoms with Crippen LogP contribution in [0.1, 0.15) is 135 Å². The molecule has 166 valence electrons. The molecular formula is C24H48N2O2. The van der Waals surface area contributed by atoms with Crippen molar-refractivity contribution in [2.75, 3.05) is 6.54 Å². The molecule has 4 heteroatoms. The molecular weight excluding hydrogens is 348 g/mol. The van der Waals surface area contributed by atoms with Crippen molar-refractivity contribution in [3.05, 3.63) is 0 Å². The summed E-state index contributed by atoms with van der Waals surface area (Å²) in [7, 11) is 0. The zero-order valence-corrected chi connectivity index (χ0v) is 18.7. The highest BCUT2D eigenvalue weighted by Crippen LogP contribution is 2.13. The molecule has 0 bridgehead atoms. The largest absolute Gasteiger partial charge is 0.370 e. The number of unbranched alkanes of at least 4 members (excludes halogenated alkanes) is 16. The fraction of sp³-hybridized carbons (Fsp3) is 0.917. The SMILES string of the molecule is CCCCCCCCCCCCCCCCCCNC(=O)CCCCC(N)=O. The standard InChI is InChI=1S/C24H48N2O2/c1-2-3-4-5-6-7-8-9-10-11-12-13-14-15-16-19-22-26-24(28)21-18-17-20-23(25)27/h2-22H2,1H3,(H2,25,27)(H,26,28). The van der Waals surface area contributed by atoms with Crippen molar-refractivity contribution in [2.24, 2.45) is 5.73 Å². The van der Waals surface area contributed by atoms with Crippen molar-refractivity contribution < 1.29 is 9.59 Å². The number of hydrogen-bond acceptors (Lipinski definition) is 2. The van der Waals surface area contributed by atoms with Crippen LogP contribution in [0.15, 0.2) is 0 Å². The Kier molecular flexibility index (Phi) is 21.4. The minimum atomic E-state index is -0.284. The van der Waals surface area contributed by atoms with Crippen LogP contribution in [0.2, 0.25) is 0 Å². The maximum Gasteiger partial charge on any atom is 0.219 e. The van der Waals surface area contributed by atoms with Crippen molar-refractivity contribution in [2.45, 2.75) is 135 Å². The summed E-state index contributed by atoms with van der Waals surface area (Å²) in [5.41, 5.74) is 5.08. The molecule has 0 aliphatic rings. The molecule has 0 radical (unpaired) electrons. The lowest BCUT2D eigenvalue weighted by Gasteiger charge is -2.05. The van der Waals surface area contributed by atoms with Gasteiger partial charge in [-0.05, 0) is 19.3 Å². The lowest BCUT2D eigenvalue weighted by atomic mass is 10.0. The average Bonchev–Trinajstić information content (AvgIpc) is 2.67. The molecule has 0 spiro atoms. The van der Waals surface area contributed by atoms with E-state index in [2.05, 4.69) is 12.2 Å². The maximum atomic E-state index is 11.6. The third-order valence-electron chi connectivity index (χ3n) is 5.43. The highest BCUT2D eigenvalue weighted by Gasteiger charge is 2.01. The van der Waals surface area contributed by atoms with Crippen LogP contribution in [-0.2, 0) is 9.59 Å². The molecule has 3 N–H and O–H groups in total.